The van der Waals surface area contributed by atoms with E-state index in [0.717, 1.165) is 4.80 Å². The zero-order chi connectivity index (χ0) is 28.3. The van der Waals surface area contributed by atoms with E-state index >= 15 is 8.78 Å². The molecule has 1 unspecified atom stereocenters. The topological polar surface area (TPSA) is 105 Å². The molecule has 1 fully saturated rings. The van der Waals surface area contributed by atoms with Crippen molar-refractivity contribution in [3.8, 4) is 12.3 Å². The fourth-order valence-corrected chi connectivity index (χ4v) is 4.76. The number of nitrogens with zero attached hydrogens (tertiary/aromatic N) is 8. The largest absolute Gasteiger partial charge is 0.442 e. The van der Waals surface area contributed by atoms with Gasteiger partial charge in [-0.25, -0.2) is 9.97 Å². The number of anilines is 1. The molecule has 204 valence electrons. The van der Waals surface area contributed by atoms with Crippen LogP contribution >= 0.6 is 0 Å². The molecule has 9 nitrogen and oxygen atoms in total. The van der Waals surface area contributed by atoms with Gasteiger partial charge in [0.15, 0.2) is 11.3 Å². The number of β-amino-alcohol motifs (C(OH)–C–C–N with tert-alkyl or cyclic N) is 1. The highest BCUT2D eigenvalue weighted by atomic mass is 19.4. The molecule has 2 aliphatic rings. The average Bonchev–Trinajstić information content (AvgIpc) is 3.49. The Kier molecular flexibility index (Phi) is 5.81. The van der Waals surface area contributed by atoms with E-state index in [0.29, 0.717) is 13.0 Å². The molecule has 6 rings (SSSR count). The molecule has 0 spiro atoms. The molecule has 1 saturated heterocycles. The van der Waals surface area contributed by atoms with Crippen LogP contribution in [0, 0.1) is 12.3 Å². The van der Waals surface area contributed by atoms with E-state index in [9.17, 15) is 18.3 Å². The lowest BCUT2D eigenvalue weighted by atomic mass is 9.93. The lowest BCUT2D eigenvalue weighted by molar-refractivity contribution is -0.166. The quantitative estimate of drug-likeness (QED) is 0.284. The Labute approximate surface area is 223 Å². The van der Waals surface area contributed by atoms with E-state index in [-0.39, 0.29) is 52.3 Å². The number of rotatable bonds is 6. The first-order chi connectivity index (χ1) is 19.0. The second-order valence-corrected chi connectivity index (χ2v) is 9.45. The maximum atomic E-state index is 15.5. The van der Waals surface area contributed by atoms with Gasteiger partial charge in [-0.3, -0.25) is 0 Å². The van der Waals surface area contributed by atoms with Crippen molar-refractivity contribution in [3.05, 3.63) is 76.6 Å². The van der Waals surface area contributed by atoms with Gasteiger partial charge in [-0.05, 0) is 18.1 Å². The van der Waals surface area contributed by atoms with E-state index in [1.165, 1.54) is 42.5 Å². The molecule has 2 aromatic heterocycles. The summed E-state index contributed by atoms with van der Waals surface area (Å²) in [5, 5.41) is 25.2. The highest BCUT2D eigenvalue weighted by molar-refractivity contribution is 5.83. The van der Waals surface area contributed by atoms with Crippen LogP contribution in [0.5, 0.6) is 0 Å². The third-order valence-corrected chi connectivity index (χ3v) is 6.85. The number of aromatic nitrogens is 5. The average molecular weight is 554 g/mol. The summed E-state index contributed by atoms with van der Waals surface area (Å²) in [5.74, 6) is -2.02. The van der Waals surface area contributed by atoms with Crippen LogP contribution in [0.2, 0.25) is 0 Å². The number of terminal acetylenes is 1. The third-order valence-electron chi connectivity index (χ3n) is 6.85. The number of hydrogen-bond donors (Lipinski definition) is 1. The molecule has 0 radical (unpaired) electrons. The van der Waals surface area contributed by atoms with Crippen LogP contribution in [0.25, 0.3) is 11.2 Å². The molecule has 1 atom stereocenters. The van der Waals surface area contributed by atoms with Crippen molar-refractivity contribution < 1.29 is 27.1 Å². The summed E-state index contributed by atoms with van der Waals surface area (Å²) in [4.78, 5) is 10.8. The predicted molar refractivity (Wildman–Crippen MR) is 131 cm³/mol. The Morgan fingerprint density at radius 3 is 2.38 bits per heavy atom. The van der Waals surface area contributed by atoms with E-state index in [1.807, 2.05) is 0 Å². The monoisotopic (exact) mass is 554 g/mol. The van der Waals surface area contributed by atoms with Gasteiger partial charge in [0.05, 0.1) is 12.6 Å². The van der Waals surface area contributed by atoms with Crippen molar-refractivity contribution in [2.24, 2.45) is 10.2 Å². The van der Waals surface area contributed by atoms with Crippen LogP contribution in [0.4, 0.5) is 27.8 Å². The third kappa shape index (κ3) is 4.13. The molecule has 0 aliphatic carbocycles. The molecular weight excluding hydrogens is 535 g/mol. The van der Waals surface area contributed by atoms with Gasteiger partial charge in [0.1, 0.15) is 0 Å². The van der Waals surface area contributed by atoms with Crippen LogP contribution in [-0.2, 0) is 18.1 Å². The van der Waals surface area contributed by atoms with Gasteiger partial charge < -0.3 is 10.0 Å². The Morgan fingerprint density at radius 1 is 1.00 bits per heavy atom. The first kappa shape index (κ1) is 25.8. The molecule has 4 heterocycles. The van der Waals surface area contributed by atoms with Gasteiger partial charge >= 0.3 is 17.8 Å². The Balaban J connectivity index is 1.48. The Morgan fingerprint density at radius 2 is 1.75 bits per heavy atom. The fraction of sp³-hybridized carbons (Fsp3) is 0.308. The molecule has 40 heavy (non-hydrogen) atoms. The minimum absolute atomic E-state index is 0.0304. The van der Waals surface area contributed by atoms with Crippen molar-refractivity contribution in [3.63, 3.8) is 0 Å². The molecule has 14 heteroatoms. The normalized spacial score (nSPS) is 18.3. The maximum absolute atomic E-state index is 15.5. The zero-order valence-corrected chi connectivity index (χ0v) is 20.5. The summed E-state index contributed by atoms with van der Waals surface area (Å²) in [6.45, 7) is 0.0929. The summed E-state index contributed by atoms with van der Waals surface area (Å²) in [6, 6.07) is 11.1. The van der Waals surface area contributed by atoms with Crippen molar-refractivity contribution in [2.75, 3.05) is 18.0 Å². The van der Waals surface area contributed by atoms with Crippen LogP contribution in [0.15, 0.2) is 58.8 Å². The lowest BCUT2D eigenvalue weighted by Crippen LogP contribution is -2.32. The summed E-state index contributed by atoms with van der Waals surface area (Å²) >= 11 is 0. The van der Waals surface area contributed by atoms with Crippen LogP contribution in [0.3, 0.4) is 0 Å². The molecule has 2 aromatic carbocycles. The number of alkyl halides is 5. The van der Waals surface area contributed by atoms with Crippen LogP contribution in [-0.4, -0.2) is 55.4 Å². The molecule has 0 bridgehead atoms. The smallest absolute Gasteiger partial charge is 0.391 e. The molecule has 4 aromatic rings. The fourth-order valence-electron chi connectivity index (χ4n) is 4.76. The van der Waals surface area contributed by atoms with E-state index in [2.05, 4.69) is 36.3 Å². The van der Waals surface area contributed by atoms with Gasteiger partial charge in [0, 0.05) is 29.8 Å². The predicted octanol–water partition coefficient (Wildman–Crippen LogP) is 4.14. The second-order valence-electron chi connectivity index (χ2n) is 9.45. The SMILES string of the molecule is C#Cc1cccc(C2(C(F)(F)F)N=N2)c1Cn1nc2nc(C(F)(F)c3ccccc3)nc(N3CCC(O)C3)c2n1. The van der Waals surface area contributed by atoms with Gasteiger partial charge in [0.2, 0.25) is 11.5 Å². The molecule has 1 N–H and O–H groups in total. The van der Waals surface area contributed by atoms with E-state index in [1.54, 1.807) is 11.0 Å². The number of halogens is 5. The minimum atomic E-state index is -4.80. The number of aliphatic hydroxyl groups excluding tert-OH is 1. The van der Waals surface area contributed by atoms with Crippen molar-refractivity contribution in [2.45, 2.75) is 36.8 Å². The highest BCUT2D eigenvalue weighted by Gasteiger charge is 2.66. The first-order valence-electron chi connectivity index (χ1n) is 12.1. The van der Waals surface area contributed by atoms with Gasteiger partial charge in [-0.2, -0.15) is 26.7 Å². The Bertz CT molecular complexity index is 1670. The first-order valence-corrected chi connectivity index (χ1v) is 12.1. The maximum Gasteiger partial charge on any atom is 0.442 e. The van der Waals surface area contributed by atoms with Gasteiger partial charge in [-0.15, -0.1) is 26.8 Å². The summed E-state index contributed by atoms with van der Waals surface area (Å²) in [6.07, 6.45) is 0.467. The summed E-state index contributed by atoms with van der Waals surface area (Å²) in [7, 11) is 0. The van der Waals surface area contributed by atoms with Gasteiger partial charge in [-0.1, -0.05) is 48.4 Å². The number of hydrogen-bond acceptors (Lipinski definition) is 8. The Hall–Kier alpha value is -4.51. The van der Waals surface area contributed by atoms with Crippen molar-refractivity contribution >= 4 is 17.0 Å². The van der Waals surface area contributed by atoms with Crippen LogP contribution < -0.4 is 4.90 Å². The lowest BCUT2D eigenvalue weighted by Gasteiger charge is -2.20. The summed E-state index contributed by atoms with van der Waals surface area (Å²) in [5.41, 5.74) is -3.31. The standard InChI is InChI=1S/C26H19F5N8O/c1-2-15-7-6-10-19(25(36-37-25)26(29,30)31)18(15)14-39-34-20-21(35-39)32-23(24(27,28)16-8-4-3-5-9-16)33-22(20)38-12-11-17(40)13-38/h1,3-10,17,40H,11-14H2. The highest BCUT2D eigenvalue weighted by Crippen LogP contribution is 2.53. The number of benzene rings is 2. The minimum Gasteiger partial charge on any atom is -0.391 e. The molecule has 2 aliphatic heterocycles. The van der Waals surface area contributed by atoms with Crippen molar-refractivity contribution in [1.82, 2.24) is 25.0 Å². The number of aliphatic hydroxyl groups is 1. The molecule has 0 saturated carbocycles. The second kappa shape index (κ2) is 9.02. The zero-order valence-electron chi connectivity index (χ0n) is 20.5. The van der Waals surface area contributed by atoms with Crippen molar-refractivity contribution in [1.29, 1.82) is 0 Å². The number of fused-ring (bicyclic) bond motifs is 1. The molecular formula is C26H19F5N8O. The van der Waals surface area contributed by atoms with E-state index < -0.39 is 29.7 Å². The van der Waals surface area contributed by atoms with Crippen LogP contribution in [0.1, 0.15) is 34.5 Å². The van der Waals surface area contributed by atoms with Gasteiger partial charge in [0.25, 0.3) is 0 Å². The molecule has 0 amide bonds. The summed E-state index contributed by atoms with van der Waals surface area (Å²) < 4.78 is 72.6. The van der Waals surface area contributed by atoms with E-state index in [4.69, 9.17) is 6.42 Å².